The van der Waals surface area contributed by atoms with Gasteiger partial charge in [-0.1, -0.05) is 0 Å². The Morgan fingerprint density at radius 3 is 2.81 bits per heavy atom. The molecule has 2 heterocycles. The number of hydrogen-bond acceptors (Lipinski definition) is 7. The van der Waals surface area contributed by atoms with Crippen molar-refractivity contribution in [3.8, 4) is 0 Å². The van der Waals surface area contributed by atoms with Gasteiger partial charge in [-0.05, 0) is 6.92 Å². The van der Waals surface area contributed by atoms with Crippen molar-refractivity contribution in [2.24, 2.45) is 0 Å². The van der Waals surface area contributed by atoms with Gasteiger partial charge >= 0.3 is 0 Å². The molecule has 10 nitrogen and oxygen atoms in total. The van der Waals surface area contributed by atoms with Gasteiger partial charge in [-0.3, -0.25) is 20.0 Å². The molecular formula is C11H13N7O3. The summed E-state index contributed by atoms with van der Waals surface area (Å²) in [6, 6.07) is 0.741. The van der Waals surface area contributed by atoms with Gasteiger partial charge in [-0.25, -0.2) is 9.97 Å². The van der Waals surface area contributed by atoms with Crippen LogP contribution >= 0.6 is 0 Å². The van der Waals surface area contributed by atoms with E-state index in [0.717, 1.165) is 6.20 Å². The molecule has 3 N–H and O–H groups in total. The molecule has 0 saturated carbocycles. The van der Waals surface area contributed by atoms with Crippen LogP contribution in [0, 0.1) is 10.1 Å². The lowest BCUT2D eigenvalue weighted by Crippen LogP contribution is -2.28. The van der Waals surface area contributed by atoms with Gasteiger partial charge in [0.25, 0.3) is 11.6 Å². The van der Waals surface area contributed by atoms with Crippen LogP contribution in [-0.4, -0.2) is 38.0 Å². The van der Waals surface area contributed by atoms with E-state index in [0.29, 0.717) is 5.82 Å². The van der Waals surface area contributed by atoms with Crippen LogP contribution < -0.4 is 10.6 Å². The van der Waals surface area contributed by atoms with Crippen molar-refractivity contribution < 1.29 is 9.72 Å². The zero-order chi connectivity index (χ0) is 15.4. The number of nitrogens with zero attached hydrogens (tertiary/aromatic N) is 4. The number of rotatable bonds is 5. The second-order valence-electron chi connectivity index (χ2n) is 4.16. The summed E-state index contributed by atoms with van der Waals surface area (Å²) in [6.45, 7) is 1.71. The summed E-state index contributed by atoms with van der Waals surface area (Å²) in [4.78, 5) is 30.2. The fourth-order valence-corrected chi connectivity index (χ4v) is 1.69. The van der Waals surface area contributed by atoms with Crippen molar-refractivity contribution in [1.82, 2.24) is 25.5 Å². The monoisotopic (exact) mass is 291 g/mol. The second kappa shape index (κ2) is 5.94. The van der Waals surface area contributed by atoms with E-state index in [2.05, 4.69) is 30.8 Å². The summed E-state index contributed by atoms with van der Waals surface area (Å²) in [6.07, 6.45) is 2.41. The molecule has 2 aromatic rings. The van der Waals surface area contributed by atoms with Crippen LogP contribution in [0.3, 0.4) is 0 Å². The molecule has 0 saturated heterocycles. The van der Waals surface area contributed by atoms with Crippen LogP contribution in [0.25, 0.3) is 0 Å². The van der Waals surface area contributed by atoms with E-state index in [-0.39, 0.29) is 17.1 Å². The summed E-state index contributed by atoms with van der Waals surface area (Å²) < 4.78 is 0. The summed E-state index contributed by atoms with van der Waals surface area (Å²) >= 11 is 0. The Kier molecular flexibility index (Phi) is 4.07. The molecule has 21 heavy (non-hydrogen) atoms. The van der Waals surface area contributed by atoms with E-state index in [4.69, 9.17) is 0 Å². The zero-order valence-corrected chi connectivity index (χ0v) is 11.3. The van der Waals surface area contributed by atoms with Gasteiger partial charge < -0.3 is 10.6 Å². The van der Waals surface area contributed by atoms with Crippen LogP contribution in [0.15, 0.2) is 18.6 Å². The highest BCUT2D eigenvalue weighted by molar-refractivity contribution is 5.99. The third-order valence-corrected chi connectivity index (χ3v) is 2.76. The van der Waals surface area contributed by atoms with Gasteiger partial charge in [-0.2, -0.15) is 5.10 Å². The number of pyridine rings is 1. The van der Waals surface area contributed by atoms with Crippen LogP contribution in [0.1, 0.15) is 29.1 Å². The predicted molar refractivity (Wildman–Crippen MR) is 72.7 cm³/mol. The Morgan fingerprint density at radius 2 is 2.24 bits per heavy atom. The number of anilines is 1. The molecular weight excluding hydrogens is 278 g/mol. The fourth-order valence-electron chi connectivity index (χ4n) is 1.69. The lowest BCUT2D eigenvalue weighted by Gasteiger charge is -2.12. The molecule has 0 bridgehead atoms. The van der Waals surface area contributed by atoms with Crippen molar-refractivity contribution in [3.63, 3.8) is 0 Å². The zero-order valence-electron chi connectivity index (χ0n) is 11.3. The minimum absolute atomic E-state index is 0.0815. The Bertz CT molecular complexity index is 656. The maximum atomic E-state index is 12.2. The number of hydrogen-bond donors (Lipinski definition) is 3. The predicted octanol–water partition coefficient (Wildman–Crippen LogP) is 0.641. The average molecular weight is 291 g/mol. The van der Waals surface area contributed by atoms with Crippen LogP contribution in [0.5, 0.6) is 0 Å². The molecule has 1 amide bonds. The first-order valence-electron chi connectivity index (χ1n) is 6.01. The standard InChI is InChI=1S/C11H13N7O3/c1-6(9-14-5-15-17-9)16-11(19)8-3-7(18(20)21)4-13-10(8)12-2/h3-6H,1-2H3,(H,12,13)(H,16,19)(H,14,15,17). The number of H-pyrrole nitrogens is 1. The van der Waals surface area contributed by atoms with Crippen LogP contribution in [0.2, 0.25) is 0 Å². The molecule has 2 rings (SSSR count). The molecule has 1 unspecified atom stereocenters. The van der Waals surface area contributed by atoms with Gasteiger partial charge in [0.2, 0.25) is 0 Å². The molecule has 110 valence electrons. The van der Waals surface area contributed by atoms with Crippen LogP contribution in [0.4, 0.5) is 11.5 Å². The third-order valence-electron chi connectivity index (χ3n) is 2.76. The molecule has 0 radical (unpaired) electrons. The summed E-state index contributed by atoms with van der Waals surface area (Å²) in [5.74, 6) is 0.232. The highest BCUT2D eigenvalue weighted by atomic mass is 16.6. The normalized spacial score (nSPS) is 11.7. The molecule has 0 aliphatic heterocycles. The topological polar surface area (TPSA) is 139 Å². The fraction of sp³-hybridized carbons (Fsp3) is 0.273. The summed E-state index contributed by atoms with van der Waals surface area (Å²) in [5, 5.41) is 22.5. The van der Waals surface area contributed by atoms with Gasteiger partial charge in [-0.15, -0.1) is 0 Å². The maximum Gasteiger partial charge on any atom is 0.288 e. The van der Waals surface area contributed by atoms with Gasteiger partial charge in [0.1, 0.15) is 24.2 Å². The van der Waals surface area contributed by atoms with Crippen molar-refractivity contribution >= 4 is 17.4 Å². The van der Waals surface area contributed by atoms with E-state index in [1.54, 1.807) is 14.0 Å². The second-order valence-corrected chi connectivity index (χ2v) is 4.16. The first-order valence-corrected chi connectivity index (χ1v) is 6.01. The van der Waals surface area contributed by atoms with Gasteiger partial charge in [0.15, 0.2) is 0 Å². The number of amides is 1. The number of aromatic amines is 1. The Morgan fingerprint density at radius 1 is 1.48 bits per heavy atom. The molecule has 10 heteroatoms. The first kappa shape index (κ1) is 14.4. The molecule has 0 fully saturated rings. The largest absolute Gasteiger partial charge is 0.372 e. The minimum atomic E-state index is -0.608. The van der Waals surface area contributed by atoms with E-state index < -0.39 is 16.9 Å². The Hall–Kier alpha value is -3.04. The minimum Gasteiger partial charge on any atom is -0.372 e. The third kappa shape index (κ3) is 3.11. The lowest BCUT2D eigenvalue weighted by atomic mass is 10.2. The number of carbonyl (C=O) groups excluding carboxylic acids is 1. The molecule has 0 spiro atoms. The number of aromatic nitrogens is 4. The molecule has 0 aromatic carbocycles. The van der Waals surface area contributed by atoms with Crippen molar-refractivity contribution in [2.75, 3.05) is 12.4 Å². The number of nitro groups is 1. The highest BCUT2D eigenvalue weighted by Crippen LogP contribution is 2.19. The maximum absolute atomic E-state index is 12.2. The van der Waals surface area contributed by atoms with E-state index in [1.807, 2.05) is 0 Å². The van der Waals surface area contributed by atoms with Gasteiger partial charge in [0.05, 0.1) is 16.5 Å². The Balaban J connectivity index is 2.25. The molecule has 1 atom stereocenters. The van der Waals surface area contributed by atoms with E-state index >= 15 is 0 Å². The van der Waals surface area contributed by atoms with Crippen molar-refractivity contribution in [3.05, 3.63) is 40.1 Å². The molecule has 0 aliphatic rings. The quantitative estimate of drug-likeness (QED) is 0.542. The highest BCUT2D eigenvalue weighted by Gasteiger charge is 2.20. The summed E-state index contributed by atoms with van der Waals surface area (Å²) in [7, 11) is 1.57. The van der Waals surface area contributed by atoms with E-state index in [1.165, 1.54) is 12.4 Å². The van der Waals surface area contributed by atoms with Crippen molar-refractivity contribution in [2.45, 2.75) is 13.0 Å². The molecule has 2 aromatic heterocycles. The van der Waals surface area contributed by atoms with Crippen LogP contribution in [-0.2, 0) is 0 Å². The lowest BCUT2D eigenvalue weighted by molar-refractivity contribution is -0.385. The SMILES string of the molecule is CNc1ncc([N+](=O)[O-])cc1C(=O)NC(C)c1ncn[nH]1. The number of carbonyl (C=O) groups is 1. The molecule has 0 aliphatic carbocycles. The first-order chi connectivity index (χ1) is 10.0. The Labute approximate surface area is 119 Å². The van der Waals surface area contributed by atoms with Gasteiger partial charge in [0, 0.05) is 13.1 Å². The van der Waals surface area contributed by atoms with Crippen molar-refractivity contribution in [1.29, 1.82) is 0 Å². The number of nitrogens with one attached hydrogen (secondary N) is 3. The average Bonchev–Trinajstić information content (AvgIpc) is 3.00. The smallest absolute Gasteiger partial charge is 0.288 e. The van der Waals surface area contributed by atoms with E-state index in [9.17, 15) is 14.9 Å². The summed E-state index contributed by atoms with van der Waals surface area (Å²) in [5.41, 5.74) is -0.176.